The smallest absolute Gasteiger partial charge is 0.303 e. The Kier molecular flexibility index (Phi) is 10.1. The summed E-state index contributed by atoms with van der Waals surface area (Å²) in [5, 5.41) is 9.43. The van der Waals surface area contributed by atoms with E-state index in [2.05, 4.69) is 102 Å². The summed E-state index contributed by atoms with van der Waals surface area (Å²) >= 11 is 0. The average molecular weight is 486 g/mol. The Balaban J connectivity index is 0.00000342. The van der Waals surface area contributed by atoms with Crippen LogP contribution < -0.4 is 0 Å². The number of nitrogens with zero attached hydrogens (tertiary/aromatic N) is 1. The number of aliphatic carboxylic acids is 1. The Labute approximate surface area is 214 Å². The van der Waals surface area contributed by atoms with Gasteiger partial charge in [-0.1, -0.05) is 115 Å². The standard InChI is InChI=1S/C31H31NO2.ClH/c33-31(34)21-20-30(22-25-16-18-29(19-17-25)28-14-8-3-9-15-28)32(23-26-10-4-1-5-11-26)24-27-12-6-2-7-13-27;/h1-19,30H,20-24H2,(H,33,34);1H. The fraction of sp³-hybridized carbons (Fsp3) is 0.194. The molecule has 4 rings (SSSR count). The fourth-order valence-corrected chi connectivity index (χ4v) is 4.39. The minimum Gasteiger partial charge on any atom is -0.481 e. The number of halogens is 1. The predicted molar refractivity (Wildman–Crippen MR) is 146 cm³/mol. The molecule has 0 spiro atoms. The molecule has 0 aliphatic heterocycles. The molecule has 180 valence electrons. The topological polar surface area (TPSA) is 40.5 Å². The zero-order valence-electron chi connectivity index (χ0n) is 19.8. The van der Waals surface area contributed by atoms with Gasteiger partial charge in [0.25, 0.3) is 0 Å². The van der Waals surface area contributed by atoms with Crippen LogP contribution in [0, 0.1) is 0 Å². The number of hydrogen-bond acceptors (Lipinski definition) is 2. The van der Waals surface area contributed by atoms with Crippen molar-refractivity contribution < 1.29 is 9.90 Å². The third-order valence-electron chi connectivity index (χ3n) is 6.20. The SMILES string of the molecule is Cl.O=C(O)CCC(Cc1ccc(-c2ccccc2)cc1)N(Cc1ccccc1)Cc1ccccc1. The third kappa shape index (κ3) is 8.10. The minimum absolute atomic E-state index is 0. The maximum atomic E-state index is 11.5. The summed E-state index contributed by atoms with van der Waals surface area (Å²) in [6.07, 6.45) is 1.57. The molecule has 35 heavy (non-hydrogen) atoms. The van der Waals surface area contributed by atoms with Gasteiger partial charge >= 0.3 is 5.97 Å². The summed E-state index contributed by atoms with van der Waals surface area (Å²) in [5.41, 5.74) is 6.08. The van der Waals surface area contributed by atoms with Crippen LogP contribution >= 0.6 is 12.4 Å². The van der Waals surface area contributed by atoms with E-state index in [-0.39, 0.29) is 24.9 Å². The molecule has 0 aliphatic carbocycles. The quantitative estimate of drug-likeness (QED) is 0.243. The molecule has 1 N–H and O–H groups in total. The molecule has 1 atom stereocenters. The van der Waals surface area contributed by atoms with Gasteiger partial charge in [0.15, 0.2) is 0 Å². The van der Waals surface area contributed by atoms with Gasteiger partial charge in [0.2, 0.25) is 0 Å². The number of carboxylic acids is 1. The first-order chi connectivity index (χ1) is 16.7. The summed E-state index contributed by atoms with van der Waals surface area (Å²) in [6, 6.07) is 40.0. The van der Waals surface area contributed by atoms with Gasteiger partial charge in [-0.25, -0.2) is 0 Å². The van der Waals surface area contributed by atoms with E-state index >= 15 is 0 Å². The summed E-state index contributed by atoms with van der Waals surface area (Å²) in [6.45, 7) is 1.56. The van der Waals surface area contributed by atoms with Gasteiger partial charge in [0, 0.05) is 25.6 Å². The lowest BCUT2D eigenvalue weighted by Gasteiger charge is -2.32. The van der Waals surface area contributed by atoms with Gasteiger partial charge in [-0.3, -0.25) is 9.69 Å². The molecule has 0 fully saturated rings. The number of carbonyl (C=O) groups is 1. The van der Waals surface area contributed by atoms with Crippen molar-refractivity contribution in [2.24, 2.45) is 0 Å². The van der Waals surface area contributed by atoms with E-state index in [1.165, 1.54) is 27.8 Å². The second kappa shape index (κ2) is 13.5. The first kappa shape index (κ1) is 26.2. The normalized spacial score (nSPS) is 11.6. The lowest BCUT2D eigenvalue weighted by molar-refractivity contribution is -0.137. The Morgan fingerprint density at radius 2 is 1.09 bits per heavy atom. The van der Waals surface area contributed by atoms with Crippen LogP contribution in [0.5, 0.6) is 0 Å². The van der Waals surface area contributed by atoms with Crippen LogP contribution in [0.25, 0.3) is 11.1 Å². The van der Waals surface area contributed by atoms with E-state index in [0.29, 0.717) is 6.42 Å². The predicted octanol–water partition coefficient (Wildman–Crippen LogP) is 7.25. The second-order valence-corrected chi connectivity index (χ2v) is 8.73. The van der Waals surface area contributed by atoms with Crippen molar-refractivity contribution >= 4 is 18.4 Å². The van der Waals surface area contributed by atoms with Crippen molar-refractivity contribution in [3.8, 4) is 11.1 Å². The van der Waals surface area contributed by atoms with Crippen LogP contribution in [-0.2, 0) is 24.3 Å². The zero-order chi connectivity index (χ0) is 23.6. The molecule has 0 radical (unpaired) electrons. The maximum Gasteiger partial charge on any atom is 0.303 e. The first-order valence-corrected chi connectivity index (χ1v) is 11.9. The summed E-state index contributed by atoms with van der Waals surface area (Å²) < 4.78 is 0. The summed E-state index contributed by atoms with van der Waals surface area (Å²) in [5.74, 6) is -0.746. The second-order valence-electron chi connectivity index (χ2n) is 8.73. The molecule has 0 amide bonds. The molecular formula is C31H32ClNO2. The molecule has 0 heterocycles. The Hall–Kier alpha value is -3.40. The number of rotatable bonds is 11. The van der Waals surface area contributed by atoms with E-state index in [4.69, 9.17) is 0 Å². The highest BCUT2D eigenvalue weighted by Gasteiger charge is 2.21. The van der Waals surface area contributed by atoms with Crippen LogP contribution in [0.15, 0.2) is 115 Å². The molecule has 4 heteroatoms. The maximum absolute atomic E-state index is 11.5. The van der Waals surface area contributed by atoms with E-state index in [1.807, 2.05) is 18.2 Å². The van der Waals surface area contributed by atoms with Gasteiger partial charge in [0.05, 0.1) is 0 Å². The highest BCUT2D eigenvalue weighted by molar-refractivity contribution is 5.85. The van der Waals surface area contributed by atoms with Crippen molar-refractivity contribution in [2.75, 3.05) is 0 Å². The van der Waals surface area contributed by atoms with Crippen LogP contribution in [0.2, 0.25) is 0 Å². The van der Waals surface area contributed by atoms with Gasteiger partial charge in [0.1, 0.15) is 0 Å². The monoisotopic (exact) mass is 485 g/mol. The van der Waals surface area contributed by atoms with Crippen molar-refractivity contribution in [1.82, 2.24) is 4.90 Å². The van der Waals surface area contributed by atoms with Gasteiger partial charge in [-0.15, -0.1) is 12.4 Å². The molecule has 4 aromatic rings. The van der Waals surface area contributed by atoms with E-state index in [0.717, 1.165) is 19.5 Å². The molecule has 0 saturated heterocycles. The zero-order valence-corrected chi connectivity index (χ0v) is 20.6. The molecule has 0 aliphatic rings. The van der Waals surface area contributed by atoms with Crippen molar-refractivity contribution in [2.45, 2.75) is 38.4 Å². The molecule has 0 saturated carbocycles. The highest BCUT2D eigenvalue weighted by Crippen LogP contribution is 2.23. The molecule has 0 bridgehead atoms. The van der Waals surface area contributed by atoms with Gasteiger partial charge in [-0.2, -0.15) is 0 Å². The van der Waals surface area contributed by atoms with Crippen molar-refractivity contribution in [3.63, 3.8) is 0 Å². The highest BCUT2D eigenvalue weighted by atomic mass is 35.5. The number of hydrogen-bond donors (Lipinski definition) is 1. The largest absolute Gasteiger partial charge is 0.481 e. The third-order valence-corrected chi connectivity index (χ3v) is 6.20. The molecule has 1 unspecified atom stereocenters. The Morgan fingerprint density at radius 1 is 0.629 bits per heavy atom. The van der Waals surface area contributed by atoms with E-state index in [1.54, 1.807) is 0 Å². The van der Waals surface area contributed by atoms with E-state index < -0.39 is 5.97 Å². The van der Waals surface area contributed by atoms with Crippen LogP contribution in [0.3, 0.4) is 0 Å². The Morgan fingerprint density at radius 3 is 1.57 bits per heavy atom. The van der Waals surface area contributed by atoms with Crippen LogP contribution in [0.4, 0.5) is 0 Å². The van der Waals surface area contributed by atoms with Crippen molar-refractivity contribution in [1.29, 1.82) is 0 Å². The Bertz CT molecular complexity index is 1110. The van der Waals surface area contributed by atoms with Crippen LogP contribution in [0.1, 0.15) is 29.5 Å². The van der Waals surface area contributed by atoms with Crippen molar-refractivity contribution in [3.05, 3.63) is 132 Å². The van der Waals surface area contributed by atoms with E-state index in [9.17, 15) is 9.90 Å². The molecule has 0 aromatic heterocycles. The molecule has 3 nitrogen and oxygen atoms in total. The number of benzene rings is 4. The summed E-state index contributed by atoms with van der Waals surface area (Å²) in [7, 11) is 0. The average Bonchev–Trinajstić information content (AvgIpc) is 2.88. The number of carboxylic acid groups (broad SMARTS) is 1. The van der Waals surface area contributed by atoms with Gasteiger partial charge in [-0.05, 0) is 40.7 Å². The lowest BCUT2D eigenvalue weighted by Crippen LogP contribution is -2.36. The summed E-state index contributed by atoms with van der Waals surface area (Å²) in [4.78, 5) is 13.9. The minimum atomic E-state index is -0.746. The van der Waals surface area contributed by atoms with Gasteiger partial charge < -0.3 is 5.11 Å². The fourth-order valence-electron chi connectivity index (χ4n) is 4.39. The molecular weight excluding hydrogens is 454 g/mol. The lowest BCUT2D eigenvalue weighted by atomic mass is 9.96. The van der Waals surface area contributed by atoms with Crippen LogP contribution in [-0.4, -0.2) is 22.0 Å². The molecule has 4 aromatic carbocycles. The first-order valence-electron chi connectivity index (χ1n) is 11.9.